The summed E-state index contributed by atoms with van der Waals surface area (Å²) < 4.78 is 6.03. The van der Waals surface area contributed by atoms with E-state index >= 15 is 0 Å². The van der Waals surface area contributed by atoms with E-state index in [-0.39, 0.29) is 11.9 Å². The lowest BCUT2D eigenvalue weighted by molar-refractivity contribution is -0.143. The van der Waals surface area contributed by atoms with Gasteiger partial charge in [-0.1, -0.05) is 37.3 Å². The summed E-state index contributed by atoms with van der Waals surface area (Å²) in [5, 5.41) is 15.2. The molecule has 0 aliphatic rings. The molecule has 1 heterocycles. The molecule has 2 rings (SSSR count). The SMILES string of the molecule is CC[C@H](Oc1nc(-c2ccccc2)ccc1NCC(N)CS)C(=O)N[C@@H](CCSC)C(=O)O. The van der Waals surface area contributed by atoms with Gasteiger partial charge in [0, 0.05) is 23.9 Å². The predicted molar refractivity (Wildman–Crippen MR) is 137 cm³/mol. The molecule has 0 radical (unpaired) electrons. The molecule has 1 unspecified atom stereocenters. The zero-order valence-electron chi connectivity index (χ0n) is 18.9. The van der Waals surface area contributed by atoms with E-state index in [2.05, 4.69) is 28.2 Å². The van der Waals surface area contributed by atoms with Crippen LogP contribution in [-0.4, -0.2) is 64.5 Å². The molecule has 1 aromatic carbocycles. The summed E-state index contributed by atoms with van der Waals surface area (Å²) in [4.78, 5) is 29.0. The van der Waals surface area contributed by atoms with Crippen molar-refractivity contribution < 1.29 is 19.4 Å². The number of aromatic nitrogens is 1. The number of aliphatic carboxylic acids is 1. The van der Waals surface area contributed by atoms with Gasteiger partial charge < -0.3 is 26.2 Å². The van der Waals surface area contributed by atoms with E-state index in [1.807, 2.05) is 48.7 Å². The minimum atomic E-state index is -1.07. The van der Waals surface area contributed by atoms with Crippen molar-refractivity contribution >= 4 is 42.0 Å². The Labute approximate surface area is 204 Å². The molecule has 1 amide bonds. The largest absolute Gasteiger partial charge is 0.480 e. The van der Waals surface area contributed by atoms with Gasteiger partial charge in [0.2, 0.25) is 5.88 Å². The van der Waals surface area contributed by atoms with Crippen molar-refractivity contribution in [2.24, 2.45) is 5.73 Å². The number of carboxylic acid groups (broad SMARTS) is 1. The molecule has 3 atom stereocenters. The average molecular weight is 493 g/mol. The van der Waals surface area contributed by atoms with Crippen molar-refractivity contribution in [1.29, 1.82) is 0 Å². The maximum absolute atomic E-state index is 12.9. The van der Waals surface area contributed by atoms with Crippen LogP contribution in [0.25, 0.3) is 11.3 Å². The summed E-state index contributed by atoms with van der Waals surface area (Å²) in [5.41, 5.74) is 8.15. The monoisotopic (exact) mass is 492 g/mol. The summed E-state index contributed by atoms with van der Waals surface area (Å²) in [5.74, 6) is -0.184. The summed E-state index contributed by atoms with van der Waals surface area (Å²) in [6.45, 7) is 2.25. The van der Waals surface area contributed by atoms with E-state index in [0.29, 0.717) is 42.3 Å². The molecule has 5 N–H and O–H groups in total. The van der Waals surface area contributed by atoms with Gasteiger partial charge in [0.15, 0.2) is 6.10 Å². The maximum atomic E-state index is 12.9. The lowest BCUT2D eigenvalue weighted by Gasteiger charge is -2.22. The number of hydrogen-bond acceptors (Lipinski definition) is 8. The normalized spacial score (nSPS) is 13.6. The van der Waals surface area contributed by atoms with Crippen LogP contribution in [0.2, 0.25) is 0 Å². The fraction of sp³-hybridized carbons (Fsp3) is 0.435. The third-order valence-corrected chi connectivity index (χ3v) is 5.97. The maximum Gasteiger partial charge on any atom is 0.326 e. The minimum Gasteiger partial charge on any atom is -0.480 e. The number of thiol groups is 1. The predicted octanol–water partition coefficient (Wildman–Crippen LogP) is 2.90. The molecule has 0 aliphatic heterocycles. The van der Waals surface area contributed by atoms with E-state index in [1.165, 1.54) is 11.8 Å². The molecule has 0 bridgehead atoms. The Hall–Kier alpha value is -2.43. The first kappa shape index (κ1) is 26.8. The lowest BCUT2D eigenvalue weighted by atomic mass is 10.1. The first-order chi connectivity index (χ1) is 15.9. The smallest absolute Gasteiger partial charge is 0.326 e. The fourth-order valence-corrected chi connectivity index (χ4v) is 3.56. The number of nitrogens with two attached hydrogens (primary N) is 1. The number of ether oxygens (including phenoxy) is 1. The molecule has 33 heavy (non-hydrogen) atoms. The van der Waals surface area contributed by atoms with Crippen LogP contribution >= 0.6 is 24.4 Å². The number of thioether (sulfide) groups is 1. The Bertz CT molecular complexity index is 901. The third kappa shape index (κ3) is 8.45. The van der Waals surface area contributed by atoms with E-state index in [1.54, 1.807) is 6.92 Å². The Morgan fingerprint density at radius 2 is 1.97 bits per heavy atom. The Morgan fingerprint density at radius 1 is 1.24 bits per heavy atom. The van der Waals surface area contributed by atoms with Crippen molar-refractivity contribution in [1.82, 2.24) is 10.3 Å². The lowest BCUT2D eigenvalue weighted by Crippen LogP contribution is -2.47. The van der Waals surface area contributed by atoms with Crippen molar-refractivity contribution in [2.75, 3.05) is 29.6 Å². The Balaban J connectivity index is 2.27. The molecule has 10 heteroatoms. The highest BCUT2D eigenvalue weighted by Crippen LogP contribution is 2.28. The number of rotatable bonds is 14. The molecule has 1 aromatic heterocycles. The first-order valence-electron chi connectivity index (χ1n) is 10.7. The number of hydrogen-bond donors (Lipinski definition) is 5. The highest BCUT2D eigenvalue weighted by atomic mass is 32.2. The number of carbonyl (C=O) groups is 2. The van der Waals surface area contributed by atoms with E-state index in [0.717, 1.165) is 5.56 Å². The number of benzene rings is 1. The topological polar surface area (TPSA) is 127 Å². The molecule has 0 spiro atoms. The number of amides is 1. The van der Waals surface area contributed by atoms with Gasteiger partial charge in [-0.25, -0.2) is 9.78 Å². The van der Waals surface area contributed by atoms with Crippen LogP contribution in [0.5, 0.6) is 5.88 Å². The number of anilines is 1. The van der Waals surface area contributed by atoms with E-state index in [4.69, 9.17) is 10.5 Å². The molecule has 2 aromatic rings. The Kier molecular flexibility index (Phi) is 11.4. The standard InChI is InChI=1S/C23H32N4O4S2/c1-3-20(21(28)26-19(23(29)30)11-12-33-2)31-22-18(25-13-16(24)14-32)10-9-17(27-22)15-7-5-4-6-8-15/h4-10,16,19-20,25,32H,3,11-14,24H2,1-2H3,(H,26,28)(H,29,30)/t16?,19-,20-/m0/s1. The van der Waals surface area contributed by atoms with Crippen molar-refractivity contribution in [3.8, 4) is 17.1 Å². The Morgan fingerprint density at radius 3 is 2.58 bits per heavy atom. The molecule has 180 valence electrons. The van der Waals surface area contributed by atoms with Gasteiger partial charge in [0.25, 0.3) is 5.91 Å². The average Bonchev–Trinajstić information content (AvgIpc) is 2.83. The second-order valence-corrected chi connectivity index (χ2v) is 8.79. The van der Waals surface area contributed by atoms with Gasteiger partial charge >= 0.3 is 5.97 Å². The van der Waals surface area contributed by atoms with E-state index < -0.39 is 24.0 Å². The van der Waals surface area contributed by atoms with Crippen LogP contribution in [0, 0.1) is 0 Å². The van der Waals surface area contributed by atoms with Crippen LogP contribution in [0.1, 0.15) is 19.8 Å². The minimum absolute atomic E-state index is 0.173. The van der Waals surface area contributed by atoms with Gasteiger partial charge in [0.05, 0.1) is 11.4 Å². The second-order valence-electron chi connectivity index (χ2n) is 7.43. The molecule has 8 nitrogen and oxygen atoms in total. The van der Waals surface area contributed by atoms with Crippen LogP contribution in [0.3, 0.4) is 0 Å². The van der Waals surface area contributed by atoms with Gasteiger partial charge in [-0.3, -0.25) is 4.79 Å². The van der Waals surface area contributed by atoms with E-state index in [9.17, 15) is 14.7 Å². The van der Waals surface area contributed by atoms with Crippen LogP contribution in [-0.2, 0) is 9.59 Å². The van der Waals surface area contributed by atoms with Crippen molar-refractivity contribution in [2.45, 2.75) is 38.0 Å². The van der Waals surface area contributed by atoms with Crippen LogP contribution in [0.4, 0.5) is 5.69 Å². The molecule has 0 saturated carbocycles. The number of pyridine rings is 1. The highest BCUT2D eigenvalue weighted by molar-refractivity contribution is 7.98. The van der Waals surface area contributed by atoms with Gasteiger partial charge in [0.1, 0.15) is 6.04 Å². The van der Waals surface area contributed by atoms with Crippen molar-refractivity contribution in [3.05, 3.63) is 42.5 Å². The number of nitrogens with one attached hydrogen (secondary N) is 2. The summed E-state index contributed by atoms with van der Waals surface area (Å²) in [6.07, 6.45) is 1.65. The number of carbonyl (C=O) groups excluding carboxylic acids is 1. The fourth-order valence-electron chi connectivity index (χ4n) is 2.95. The molecule has 0 saturated heterocycles. The molecule has 0 fully saturated rings. The third-order valence-electron chi connectivity index (χ3n) is 4.86. The van der Waals surface area contributed by atoms with Crippen LogP contribution in [0.15, 0.2) is 42.5 Å². The first-order valence-corrected chi connectivity index (χ1v) is 12.8. The molecular weight excluding hydrogens is 460 g/mol. The summed E-state index contributed by atoms with van der Waals surface area (Å²) >= 11 is 5.73. The van der Waals surface area contributed by atoms with Crippen molar-refractivity contribution in [3.63, 3.8) is 0 Å². The summed E-state index contributed by atoms with van der Waals surface area (Å²) in [7, 11) is 0. The highest BCUT2D eigenvalue weighted by Gasteiger charge is 2.26. The second kappa shape index (κ2) is 14.0. The summed E-state index contributed by atoms with van der Waals surface area (Å²) in [6, 6.07) is 12.2. The molecule has 0 aliphatic carbocycles. The molecular formula is C23H32N4O4S2. The number of nitrogens with zero attached hydrogens (tertiary/aromatic N) is 1. The van der Waals surface area contributed by atoms with Gasteiger partial charge in [-0.05, 0) is 37.0 Å². The quantitative estimate of drug-likeness (QED) is 0.255. The zero-order valence-corrected chi connectivity index (χ0v) is 20.6. The van der Waals surface area contributed by atoms with Gasteiger partial charge in [-0.2, -0.15) is 24.4 Å². The number of carboxylic acids is 1. The van der Waals surface area contributed by atoms with Gasteiger partial charge in [-0.15, -0.1) is 0 Å². The zero-order chi connectivity index (χ0) is 24.2. The van der Waals surface area contributed by atoms with Crippen LogP contribution < -0.4 is 21.1 Å².